The fourth-order valence-electron chi connectivity index (χ4n) is 2.33. The molecule has 0 aliphatic rings. The van der Waals surface area contributed by atoms with Gasteiger partial charge in [0.05, 0.1) is 11.5 Å². The van der Waals surface area contributed by atoms with E-state index in [9.17, 15) is 30.8 Å². The van der Waals surface area contributed by atoms with Gasteiger partial charge in [0.25, 0.3) is 5.66 Å². The summed E-state index contributed by atoms with van der Waals surface area (Å²) in [6, 6.07) is 8.53. The molecule has 0 amide bonds. The minimum Gasteiger partial charge on any atom is -0.463 e. The average molecular weight is 434 g/mol. The summed E-state index contributed by atoms with van der Waals surface area (Å²) in [5, 5.41) is 1.83. The van der Waals surface area contributed by atoms with Crippen LogP contribution in [-0.4, -0.2) is 32.8 Å². The largest absolute Gasteiger partial charge is 0.463 e. The minimum absolute atomic E-state index is 0.358. The number of anilines is 1. The summed E-state index contributed by atoms with van der Waals surface area (Å²) < 4.78 is 86.5. The molecule has 0 fully saturated rings. The van der Waals surface area contributed by atoms with E-state index in [4.69, 9.17) is 0 Å². The van der Waals surface area contributed by atoms with Crippen LogP contribution in [0.4, 0.5) is 23.2 Å². The Balaban J connectivity index is 2.59. The van der Waals surface area contributed by atoms with Crippen LogP contribution in [0.25, 0.3) is 0 Å². The zero-order valence-corrected chi connectivity index (χ0v) is 16.2. The summed E-state index contributed by atoms with van der Waals surface area (Å²) in [6.07, 6.45) is -5.45. The number of alkyl halides is 3. The van der Waals surface area contributed by atoms with E-state index in [1.165, 1.54) is 23.8 Å². The molecular formula is C18H18F4N2O4S. The second-order valence-electron chi connectivity index (χ2n) is 6.02. The van der Waals surface area contributed by atoms with Crippen molar-refractivity contribution in [1.82, 2.24) is 4.72 Å². The highest BCUT2D eigenvalue weighted by Crippen LogP contribution is 2.34. The van der Waals surface area contributed by atoms with Crippen LogP contribution in [0.3, 0.4) is 0 Å². The summed E-state index contributed by atoms with van der Waals surface area (Å²) in [5.41, 5.74) is -3.52. The number of aryl methyl sites for hydroxylation is 1. The number of nitrogens with one attached hydrogen (secondary N) is 2. The number of carbonyl (C=O) groups excluding carboxylic acids is 1. The molecule has 1 atom stereocenters. The van der Waals surface area contributed by atoms with Crippen LogP contribution in [0.1, 0.15) is 12.5 Å². The fraction of sp³-hybridized carbons (Fsp3) is 0.278. The van der Waals surface area contributed by atoms with Crippen LogP contribution >= 0.6 is 0 Å². The first-order chi connectivity index (χ1) is 13.4. The first-order valence-electron chi connectivity index (χ1n) is 8.29. The van der Waals surface area contributed by atoms with E-state index >= 15 is 0 Å². The molecule has 2 aromatic carbocycles. The Hall–Kier alpha value is -2.66. The molecule has 6 nitrogen and oxygen atoms in total. The topological polar surface area (TPSA) is 84.5 Å². The number of rotatable bonds is 7. The van der Waals surface area contributed by atoms with E-state index in [1.807, 2.05) is 5.32 Å². The molecular weight excluding hydrogens is 416 g/mol. The van der Waals surface area contributed by atoms with Crippen LogP contribution in [0.2, 0.25) is 0 Å². The molecule has 11 heteroatoms. The second-order valence-corrected chi connectivity index (χ2v) is 7.70. The van der Waals surface area contributed by atoms with Gasteiger partial charge in [-0.3, -0.25) is 0 Å². The van der Waals surface area contributed by atoms with Gasteiger partial charge in [0.15, 0.2) is 0 Å². The zero-order valence-electron chi connectivity index (χ0n) is 15.4. The lowest BCUT2D eigenvalue weighted by Gasteiger charge is -2.35. The number of hydrogen-bond acceptors (Lipinski definition) is 5. The van der Waals surface area contributed by atoms with Gasteiger partial charge in [-0.2, -0.15) is 17.9 Å². The molecule has 0 saturated carbocycles. The molecule has 0 radical (unpaired) electrons. The number of hydrogen-bond donors (Lipinski definition) is 2. The highest BCUT2D eigenvalue weighted by molar-refractivity contribution is 7.89. The Labute approximate surface area is 164 Å². The molecule has 2 aromatic rings. The number of benzene rings is 2. The molecule has 1 unspecified atom stereocenters. The van der Waals surface area contributed by atoms with E-state index in [0.717, 1.165) is 36.4 Å². The SMILES string of the molecule is CCOC(=O)C(Nc1ccc(F)cc1)(NS(=O)(=O)c1ccc(C)cc1)C(F)(F)F. The molecule has 0 aliphatic heterocycles. The van der Waals surface area contributed by atoms with Crippen LogP contribution in [0.15, 0.2) is 53.4 Å². The van der Waals surface area contributed by atoms with Crippen molar-refractivity contribution >= 4 is 21.7 Å². The van der Waals surface area contributed by atoms with Gasteiger partial charge in [-0.15, -0.1) is 0 Å². The Morgan fingerprint density at radius 1 is 1.03 bits per heavy atom. The van der Waals surface area contributed by atoms with E-state index < -0.39 is 45.2 Å². The summed E-state index contributed by atoms with van der Waals surface area (Å²) >= 11 is 0. The lowest BCUT2D eigenvalue weighted by Crippen LogP contribution is -2.69. The van der Waals surface area contributed by atoms with Crippen molar-refractivity contribution in [2.24, 2.45) is 0 Å². The summed E-state index contributed by atoms with van der Waals surface area (Å²) in [5.74, 6) is -2.64. The van der Waals surface area contributed by atoms with Gasteiger partial charge in [0.2, 0.25) is 10.0 Å². The van der Waals surface area contributed by atoms with Gasteiger partial charge in [-0.25, -0.2) is 17.6 Å². The van der Waals surface area contributed by atoms with Crippen molar-refractivity contribution < 1.29 is 35.5 Å². The molecule has 29 heavy (non-hydrogen) atoms. The van der Waals surface area contributed by atoms with Gasteiger partial charge in [0.1, 0.15) is 5.82 Å². The second kappa shape index (κ2) is 8.37. The standard InChI is InChI=1S/C18H18F4N2O4S/c1-3-28-16(25)17(18(20,21)22,23-14-8-6-13(19)7-9-14)24-29(26,27)15-10-4-12(2)5-11-15/h4-11,23-24H,3H2,1-2H3. The third-order valence-corrected chi connectivity index (χ3v) is 5.27. The Morgan fingerprint density at radius 2 is 1.59 bits per heavy atom. The predicted octanol–water partition coefficient (Wildman–Crippen LogP) is 3.35. The minimum atomic E-state index is -5.45. The number of ether oxygens (including phenoxy) is 1. The highest BCUT2D eigenvalue weighted by Gasteiger charge is 2.64. The molecule has 0 spiro atoms. The molecule has 0 heterocycles. The number of halogens is 4. The number of carbonyl (C=O) groups is 1. The van der Waals surface area contributed by atoms with Gasteiger partial charge in [-0.05, 0) is 50.2 Å². The Morgan fingerprint density at radius 3 is 2.07 bits per heavy atom. The number of esters is 1. The van der Waals surface area contributed by atoms with Crippen molar-refractivity contribution in [2.45, 2.75) is 30.6 Å². The maximum Gasteiger partial charge on any atom is 0.437 e. The molecule has 2 N–H and O–H groups in total. The van der Waals surface area contributed by atoms with Crippen molar-refractivity contribution in [3.8, 4) is 0 Å². The van der Waals surface area contributed by atoms with Gasteiger partial charge >= 0.3 is 12.1 Å². The van der Waals surface area contributed by atoms with Crippen LogP contribution in [0, 0.1) is 12.7 Å². The third kappa shape index (κ3) is 5.04. The highest BCUT2D eigenvalue weighted by atomic mass is 32.2. The summed E-state index contributed by atoms with van der Waals surface area (Å²) in [6.45, 7) is 2.50. The van der Waals surface area contributed by atoms with Crippen LogP contribution in [0.5, 0.6) is 0 Å². The van der Waals surface area contributed by atoms with Crippen LogP contribution < -0.4 is 10.0 Å². The molecule has 158 valence electrons. The van der Waals surface area contributed by atoms with Crippen molar-refractivity contribution in [2.75, 3.05) is 11.9 Å². The molecule has 2 rings (SSSR count). The van der Waals surface area contributed by atoms with Crippen LogP contribution in [-0.2, 0) is 19.6 Å². The van der Waals surface area contributed by atoms with Crippen molar-refractivity contribution in [3.63, 3.8) is 0 Å². The first-order valence-corrected chi connectivity index (χ1v) is 9.78. The third-order valence-electron chi connectivity index (χ3n) is 3.80. The Bertz CT molecular complexity index is 961. The maximum absolute atomic E-state index is 14.1. The van der Waals surface area contributed by atoms with Crippen molar-refractivity contribution in [1.29, 1.82) is 0 Å². The maximum atomic E-state index is 14.1. The average Bonchev–Trinajstić information content (AvgIpc) is 2.62. The molecule has 0 aliphatic carbocycles. The quantitative estimate of drug-likeness (QED) is 0.397. The number of sulfonamides is 1. The lowest BCUT2D eigenvalue weighted by molar-refractivity contribution is -0.202. The monoisotopic (exact) mass is 434 g/mol. The lowest BCUT2D eigenvalue weighted by atomic mass is 10.1. The van der Waals surface area contributed by atoms with Gasteiger partial charge < -0.3 is 10.1 Å². The summed E-state index contributed by atoms with van der Waals surface area (Å²) in [7, 11) is -4.82. The van der Waals surface area contributed by atoms with E-state index in [-0.39, 0.29) is 5.69 Å². The predicted molar refractivity (Wildman–Crippen MR) is 96.9 cm³/mol. The summed E-state index contributed by atoms with van der Waals surface area (Å²) in [4.78, 5) is 11.9. The first kappa shape index (κ1) is 22.6. The Kier molecular flexibility index (Phi) is 6.53. The van der Waals surface area contributed by atoms with E-state index in [2.05, 4.69) is 4.74 Å². The smallest absolute Gasteiger partial charge is 0.437 e. The zero-order chi connectivity index (χ0) is 21.9. The van der Waals surface area contributed by atoms with Gasteiger partial charge in [0, 0.05) is 5.69 Å². The molecule has 0 bridgehead atoms. The fourth-order valence-corrected chi connectivity index (χ4v) is 3.60. The molecule has 0 saturated heterocycles. The molecule has 0 aromatic heterocycles. The van der Waals surface area contributed by atoms with Crippen molar-refractivity contribution in [3.05, 3.63) is 59.9 Å². The van der Waals surface area contributed by atoms with Gasteiger partial charge in [-0.1, -0.05) is 17.7 Å². The normalized spacial score (nSPS) is 14.1. The van der Waals surface area contributed by atoms with E-state index in [1.54, 1.807) is 6.92 Å². The van der Waals surface area contributed by atoms with E-state index in [0.29, 0.717) is 5.56 Å².